The van der Waals surface area contributed by atoms with Crippen molar-refractivity contribution in [1.82, 2.24) is 0 Å². The molecule has 0 bridgehead atoms. The Bertz CT molecular complexity index is 1300. The van der Waals surface area contributed by atoms with Crippen LogP contribution in [0.3, 0.4) is 0 Å². The van der Waals surface area contributed by atoms with Crippen molar-refractivity contribution < 1.29 is 19.1 Å². The molecule has 0 radical (unpaired) electrons. The second-order valence-corrected chi connectivity index (χ2v) is 9.30. The smallest absolute Gasteiger partial charge is 0.340 e. The standard InChI is InChI=1S/C28H26N2O4S/c1-4-14-34-28(33)22-12-8-9-13-23(22)30-26(31)24(29-20-16-18(2)15-19(3)17-20)25(27(30)32)35-21-10-6-5-7-11-21/h5-13,15-17,29H,4,14H2,1-3H3. The normalized spacial score (nSPS) is 13.4. The summed E-state index contributed by atoms with van der Waals surface area (Å²) in [5.74, 6) is -1.59. The summed E-state index contributed by atoms with van der Waals surface area (Å²) in [5.41, 5.74) is 3.31. The molecule has 1 aliphatic rings. The number of ether oxygens (including phenoxy) is 1. The highest BCUT2D eigenvalue weighted by Crippen LogP contribution is 2.39. The van der Waals surface area contributed by atoms with Crippen molar-refractivity contribution in [2.45, 2.75) is 32.1 Å². The fourth-order valence-electron chi connectivity index (χ4n) is 3.84. The number of imide groups is 1. The van der Waals surface area contributed by atoms with Crippen molar-refractivity contribution in [2.75, 3.05) is 16.8 Å². The summed E-state index contributed by atoms with van der Waals surface area (Å²) < 4.78 is 5.30. The third kappa shape index (κ3) is 5.30. The molecule has 3 aromatic carbocycles. The van der Waals surface area contributed by atoms with Crippen molar-refractivity contribution in [1.29, 1.82) is 0 Å². The number of aryl methyl sites for hydroxylation is 2. The van der Waals surface area contributed by atoms with Crippen molar-refractivity contribution in [3.63, 3.8) is 0 Å². The molecule has 3 aromatic rings. The molecule has 0 fully saturated rings. The molecule has 1 aliphatic heterocycles. The molecule has 0 saturated carbocycles. The average molecular weight is 487 g/mol. The molecular weight excluding hydrogens is 460 g/mol. The van der Waals surface area contributed by atoms with Crippen molar-refractivity contribution in [2.24, 2.45) is 0 Å². The lowest BCUT2D eigenvalue weighted by Crippen LogP contribution is -2.33. The predicted octanol–water partition coefficient (Wildman–Crippen LogP) is 5.86. The van der Waals surface area contributed by atoms with Crippen LogP contribution in [0.2, 0.25) is 0 Å². The zero-order valence-corrected chi connectivity index (χ0v) is 20.6. The highest BCUT2D eigenvalue weighted by Gasteiger charge is 2.41. The minimum absolute atomic E-state index is 0.166. The van der Waals surface area contributed by atoms with E-state index in [4.69, 9.17) is 4.74 Å². The fraction of sp³-hybridized carbons (Fsp3) is 0.179. The first kappa shape index (κ1) is 24.3. The Kier molecular flexibility index (Phi) is 7.36. The second-order valence-electron chi connectivity index (χ2n) is 8.22. The van der Waals surface area contributed by atoms with Crippen LogP contribution >= 0.6 is 11.8 Å². The van der Waals surface area contributed by atoms with Crippen molar-refractivity contribution >= 4 is 40.9 Å². The number of nitrogens with one attached hydrogen (secondary N) is 1. The van der Waals surface area contributed by atoms with Crippen molar-refractivity contribution in [3.8, 4) is 0 Å². The number of thioether (sulfide) groups is 1. The van der Waals surface area contributed by atoms with E-state index in [-0.39, 0.29) is 28.5 Å². The summed E-state index contributed by atoms with van der Waals surface area (Å²) in [6.07, 6.45) is 0.666. The predicted molar refractivity (Wildman–Crippen MR) is 138 cm³/mol. The lowest BCUT2D eigenvalue weighted by atomic mass is 10.1. The van der Waals surface area contributed by atoms with E-state index in [1.54, 1.807) is 24.3 Å². The summed E-state index contributed by atoms with van der Waals surface area (Å²) in [6, 6.07) is 21.8. The van der Waals surface area contributed by atoms with Gasteiger partial charge in [-0.05, 0) is 67.8 Å². The molecule has 6 nitrogen and oxygen atoms in total. The summed E-state index contributed by atoms with van der Waals surface area (Å²) >= 11 is 1.21. The number of rotatable bonds is 8. The summed E-state index contributed by atoms with van der Waals surface area (Å²) in [6.45, 7) is 6.09. The molecule has 0 aliphatic carbocycles. The van der Waals surface area contributed by atoms with Crippen LogP contribution in [0.1, 0.15) is 34.8 Å². The van der Waals surface area contributed by atoms with Crippen LogP contribution in [0.25, 0.3) is 0 Å². The summed E-state index contributed by atoms with van der Waals surface area (Å²) in [4.78, 5) is 42.2. The first-order chi connectivity index (χ1) is 16.9. The molecule has 35 heavy (non-hydrogen) atoms. The molecule has 7 heteroatoms. The van der Waals surface area contributed by atoms with E-state index in [2.05, 4.69) is 5.32 Å². The number of esters is 1. The molecule has 0 atom stereocenters. The topological polar surface area (TPSA) is 75.7 Å². The van der Waals surface area contributed by atoms with Gasteiger partial charge in [-0.15, -0.1) is 0 Å². The van der Waals surface area contributed by atoms with Gasteiger partial charge in [0.25, 0.3) is 11.8 Å². The molecule has 0 spiro atoms. The molecule has 1 N–H and O–H groups in total. The number of anilines is 2. The molecule has 0 aromatic heterocycles. The number of benzene rings is 3. The second kappa shape index (κ2) is 10.6. The maximum Gasteiger partial charge on any atom is 0.340 e. The van der Waals surface area contributed by atoms with Gasteiger partial charge >= 0.3 is 5.97 Å². The summed E-state index contributed by atoms with van der Waals surface area (Å²) in [5, 5.41) is 3.19. The minimum atomic E-state index is -0.573. The molecule has 4 rings (SSSR count). The van der Waals surface area contributed by atoms with Crippen LogP contribution < -0.4 is 10.2 Å². The fourth-order valence-corrected chi connectivity index (χ4v) is 4.79. The summed E-state index contributed by atoms with van der Waals surface area (Å²) in [7, 11) is 0. The number of para-hydroxylation sites is 1. The third-order valence-corrected chi connectivity index (χ3v) is 6.39. The van der Waals surface area contributed by atoms with Gasteiger partial charge in [0, 0.05) is 10.6 Å². The van der Waals surface area contributed by atoms with E-state index < -0.39 is 17.8 Å². The monoisotopic (exact) mass is 486 g/mol. The van der Waals surface area contributed by atoms with E-state index in [1.807, 2.05) is 69.3 Å². The lowest BCUT2D eigenvalue weighted by Gasteiger charge is -2.18. The third-order valence-electron chi connectivity index (χ3n) is 5.30. The maximum absolute atomic E-state index is 13.7. The number of carbonyl (C=O) groups is 3. The maximum atomic E-state index is 13.7. The van der Waals surface area contributed by atoms with Crippen LogP contribution in [0.5, 0.6) is 0 Å². The van der Waals surface area contributed by atoms with E-state index in [1.165, 1.54) is 11.8 Å². The molecule has 0 saturated heterocycles. The Morgan fingerprint density at radius 1 is 0.914 bits per heavy atom. The Morgan fingerprint density at radius 3 is 2.26 bits per heavy atom. The zero-order chi connectivity index (χ0) is 24.9. The average Bonchev–Trinajstić information content (AvgIpc) is 3.06. The highest BCUT2D eigenvalue weighted by atomic mass is 32.2. The van der Waals surface area contributed by atoms with Gasteiger partial charge in [-0.25, -0.2) is 9.69 Å². The van der Waals surface area contributed by atoms with Gasteiger partial charge in [-0.3, -0.25) is 9.59 Å². The SMILES string of the molecule is CCCOC(=O)c1ccccc1N1C(=O)C(Nc2cc(C)cc(C)c2)=C(Sc2ccccc2)C1=O. The van der Waals surface area contributed by atoms with Gasteiger partial charge in [0.05, 0.1) is 17.9 Å². The quantitative estimate of drug-likeness (QED) is 0.318. The van der Waals surface area contributed by atoms with Crippen LogP contribution in [-0.4, -0.2) is 24.4 Å². The largest absolute Gasteiger partial charge is 0.462 e. The Balaban J connectivity index is 1.76. The van der Waals surface area contributed by atoms with Gasteiger partial charge in [0.2, 0.25) is 0 Å². The molecule has 178 valence electrons. The Morgan fingerprint density at radius 2 is 1.57 bits per heavy atom. The number of hydrogen-bond donors (Lipinski definition) is 1. The van der Waals surface area contributed by atoms with Crippen molar-refractivity contribution in [3.05, 3.63) is 100 Å². The zero-order valence-electron chi connectivity index (χ0n) is 19.8. The molecular formula is C28H26N2O4S. The van der Waals surface area contributed by atoms with E-state index in [9.17, 15) is 14.4 Å². The van der Waals surface area contributed by atoms with E-state index in [0.717, 1.165) is 20.9 Å². The van der Waals surface area contributed by atoms with Gasteiger partial charge in [0.1, 0.15) is 10.6 Å². The molecule has 0 unspecified atom stereocenters. The molecule has 2 amide bonds. The number of nitrogens with zero attached hydrogens (tertiary/aromatic N) is 1. The first-order valence-electron chi connectivity index (χ1n) is 11.4. The van der Waals surface area contributed by atoms with Crippen LogP contribution in [0.4, 0.5) is 11.4 Å². The Labute approximate surface area is 209 Å². The number of carbonyl (C=O) groups excluding carboxylic acids is 3. The first-order valence-corrected chi connectivity index (χ1v) is 12.2. The van der Waals surface area contributed by atoms with Gasteiger partial charge in [-0.2, -0.15) is 0 Å². The van der Waals surface area contributed by atoms with E-state index in [0.29, 0.717) is 12.1 Å². The van der Waals surface area contributed by atoms with Crippen LogP contribution in [0, 0.1) is 13.8 Å². The van der Waals surface area contributed by atoms with Gasteiger partial charge < -0.3 is 10.1 Å². The lowest BCUT2D eigenvalue weighted by molar-refractivity contribution is -0.120. The van der Waals surface area contributed by atoms with E-state index >= 15 is 0 Å². The van der Waals surface area contributed by atoms with Gasteiger partial charge in [0.15, 0.2) is 0 Å². The number of amides is 2. The Hall–Kier alpha value is -3.84. The van der Waals surface area contributed by atoms with Gasteiger partial charge in [-0.1, -0.05) is 55.1 Å². The van der Waals surface area contributed by atoms with Crippen LogP contribution in [0.15, 0.2) is 88.3 Å². The van der Waals surface area contributed by atoms with Crippen LogP contribution in [-0.2, 0) is 14.3 Å². The number of hydrogen-bond acceptors (Lipinski definition) is 6. The minimum Gasteiger partial charge on any atom is -0.462 e. The molecule has 1 heterocycles. The highest BCUT2D eigenvalue weighted by molar-refractivity contribution is 8.04.